The first-order chi connectivity index (χ1) is 19.2. The minimum atomic E-state index is 0.522. The van der Waals surface area contributed by atoms with Gasteiger partial charge in [-0.15, -0.1) is 0 Å². The third-order valence-corrected chi connectivity index (χ3v) is 6.86. The van der Waals surface area contributed by atoms with Crippen molar-refractivity contribution >= 4 is 21.8 Å². The van der Waals surface area contributed by atoms with Gasteiger partial charge in [0, 0.05) is 38.5 Å². The smallest absolute Gasteiger partial charge is 0.164 e. The van der Waals surface area contributed by atoms with Crippen LogP contribution >= 0.6 is 0 Å². The van der Waals surface area contributed by atoms with Gasteiger partial charge in [-0.3, -0.25) is 0 Å². The second-order valence-electron chi connectivity index (χ2n) is 9.38. The maximum Gasteiger partial charge on any atom is 0.164 e. The standard InChI is InChI=1S/C34H21N5/c35-21-22-17-26(25-15-16-31-29(20-25)28-13-7-8-14-30(28)36-31)19-27(18-22)34-38-32(23-9-3-1-4-10-23)37-33(39-34)24-11-5-2-6-12-24/h1-20,36H. The Morgan fingerprint density at radius 2 is 1.03 bits per heavy atom. The highest BCUT2D eigenvalue weighted by Gasteiger charge is 2.14. The Morgan fingerprint density at radius 1 is 0.462 bits per heavy atom. The summed E-state index contributed by atoms with van der Waals surface area (Å²) in [5.74, 6) is 1.70. The molecule has 0 radical (unpaired) electrons. The van der Waals surface area contributed by atoms with Crippen molar-refractivity contribution in [2.24, 2.45) is 0 Å². The molecular formula is C34H21N5. The van der Waals surface area contributed by atoms with Gasteiger partial charge in [0.2, 0.25) is 0 Å². The zero-order chi connectivity index (χ0) is 26.2. The number of aromatic nitrogens is 4. The van der Waals surface area contributed by atoms with E-state index >= 15 is 0 Å². The van der Waals surface area contributed by atoms with Gasteiger partial charge < -0.3 is 4.98 Å². The summed E-state index contributed by atoms with van der Waals surface area (Å²) in [6.07, 6.45) is 0. The fraction of sp³-hybridized carbons (Fsp3) is 0. The number of hydrogen-bond donors (Lipinski definition) is 1. The lowest BCUT2D eigenvalue weighted by Crippen LogP contribution is -2.00. The summed E-state index contributed by atoms with van der Waals surface area (Å²) in [6.45, 7) is 0. The summed E-state index contributed by atoms with van der Waals surface area (Å²) in [6, 6.07) is 42.5. The van der Waals surface area contributed by atoms with Crippen LogP contribution in [0.2, 0.25) is 0 Å². The van der Waals surface area contributed by atoms with Gasteiger partial charge >= 0.3 is 0 Å². The predicted octanol–water partition coefficient (Wildman–Crippen LogP) is 8.05. The fourth-order valence-corrected chi connectivity index (χ4v) is 4.95. The van der Waals surface area contributed by atoms with E-state index in [0.29, 0.717) is 23.0 Å². The van der Waals surface area contributed by atoms with E-state index in [1.54, 1.807) is 0 Å². The fourth-order valence-electron chi connectivity index (χ4n) is 4.95. The molecule has 1 N–H and O–H groups in total. The maximum atomic E-state index is 9.92. The van der Waals surface area contributed by atoms with E-state index in [4.69, 9.17) is 15.0 Å². The van der Waals surface area contributed by atoms with Crippen molar-refractivity contribution in [1.82, 2.24) is 19.9 Å². The third-order valence-electron chi connectivity index (χ3n) is 6.86. The number of rotatable bonds is 4. The summed E-state index contributed by atoms with van der Waals surface area (Å²) in [4.78, 5) is 18.0. The van der Waals surface area contributed by atoms with Crippen LogP contribution in [0.3, 0.4) is 0 Å². The Labute approximate surface area is 225 Å². The molecule has 0 atom stereocenters. The zero-order valence-corrected chi connectivity index (χ0v) is 20.8. The van der Waals surface area contributed by atoms with E-state index in [2.05, 4.69) is 47.5 Å². The van der Waals surface area contributed by atoms with Crippen LogP contribution in [-0.4, -0.2) is 19.9 Å². The van der Waals surface area contributed by atoms with Crippen molar-refractivity contribution < 1.29 is 0 Å². The highest BCUT2D eigenvalue weighted by molar-refractivity contribution is 6.08. The zero-order valence-electron chi connectivity index (χ0n) is 20.8. The van der Waals surface area contributed by atoms with Crippen molar-refractivity contribution in [3.8, 4) is 51.4 Å². The SMILES string of the molecule is N#Cc1cc(-c2ccc3[nH]c4ccccc4c3c2)cc(-c2nc(-c3ccccc3)nc(-c3ccccc3)n2)c1. The van der Waals surface area contributed by atoms with Crippen LogP contribution in [-0.2, 0) is 0 Å². The molecule has 0 saturated heterocycles. The van der Waals surface area contributed by atoms with Crippen LogP contribution in [0.15, 0.2) is 121 Å². The quantitative estimate of drug-likeness (QED) is 0.266. The Kier molecular flexibility index (Phi) is 5.42. The van der Waals surface area contributed by atoms with Gasteiger partial charge in [0.25, 0.3) is 0 Å². The first kappa shape index (κ1) is 22.6. The van der Waals surface area contributed by atoms with E-state index in [9.17, 15) is 5.26 Å². The Morgan fingerprint density at radius 3 is 1.69 bits per heavy atom. The number of hydrogen-bond acceptors (Lipinski definition) is 4. The minimum Gasteiger partial charge on any atom is -0.355 e. The summed E-state index contributed by atoms with van der Waals surface area (Å²) >= 11 is 0. The summed E-state index contributed by atoms with van der Waals surface area (Å²) in [5, 5.41) is 12.2. The van der Waals surface area contributed by atoms with E-state index in [1.807, 2.05) is 84.9 Å². The van der Waals surface area contributed by atoms with Crippen molar-refractivity contribution in [2.45, 2.75) is 0 Å². The molecule has 0 saturated carbocycles. The van der Waals surface area contributed by atoms with Gasteiger partial charge in [0.15, 0.2) is 17.5 Å². The highest BCUT2D eigenvalue weighted by atomic mass is 15.0. The average Bonchev–Trinajstić information content (AvgIpc) is 3.39. The second-order valence-corrected chi connectivity index (χ2v) is 9.38. The number of benzene rings is 5. The number of para-hydroxylation sites is 1. The van der Waals surface area contributed by atoms with Crippen LogP contribution < -0.4 is 0 Å². The molecule has 39 heavy (non-hydrogen) atoms. The first-order valence-corrected chi connectivity index (χ1v) is 12.7. The lowest BCUT2D eigenvalue weighted by atomic mass is 9.98. The molecule has 0 aliphatic heterocycles. The van der Waals surface area contributed by atoms with Gasteiger partial charge in [0.1, 0.15) is 0 Å². The van der Waals surface area contributed by atoms with Crippen LogP contribution in [0.1, 0.15) is 5.56 Å². The molecule has 7 rings (SSSR count). The molecule has 5 aromatic carbocycles. The number of nitriles is 1. The number of H-pyrrole nitrogens is 1. The van der Waals surface area contributed by atoms with Gasteiger partial charge in [-0.2, -0.15) is 5.26 Å². The van der Waals surface area contributed by atoms with E-state index in [-0.39, 0.29) is 0 Å². The van der Waals surface area contributed by atoms with Gasteiger partial charge in [0.05, 0.1) is 11.6 Å². The maximum absolute atomic E-state index is 9.92. The predicted molar refractivity (Wildman–Crippen MR) is 156 cm³/mol. The molecule has 0 amide bonds. The minimum absolute atomic E-state index is 0.522. The van der Waals surface area contributed by atoms with Crippen molar-refractivity contribution in [3.05, 3.63) is 127 Å². The summed E-state index contributed by atoms with van der Waals surface area (Å²) < 4.78 is 0. The molecule has 5 nitrogen and oxygen atoms in total. The normalized spacial score (nSPS) is 11.1. The molecule has 0 aliphatic rings. The monoisotopic (exact) mass is 499 g/mol. The Bertz CT molecular complexity index is 1960. The molecule has 0 bridgehead atoms. The molecule has 0 fully saturated rings. The van der Waals surface area contributed by atoms with Crippen molar-refractivity contribution in [3.63, 3.8) is 0 Å². The molecule has 2 heterocycles. The number of fused-ring (bicyclic) bond motifs is 3. The van der Waals surface area contributed by atoms with Crippen LogP contribution in [0.25, 0.3) is 67.1 Å². The summed E-state index contributed by atoms with van der Waals surface area (Å²) in [5.41, 5.74) is 7.24. The molecule has 0 spiro atoms. The molecule has 2 aromatic heterocycles. The topological polar surface area (TPSA) is 78.2 Å². The number of nitrogens with zero attached hydrogens (tertiary/aromatic N) is 4. The second kappa shape index (κ2) is 9.37. The average molecular weight is 500 g/mol. The van der Waals surface area contributed by atoms with E-state index < -0.39 is 0 Å². The molecule has 7 aromatic rings. The third kappa shape index (κ3) is 4.20. The van der Waals surface area contributed by atoms with Crippen LogP contribution in [0.4, 0.5) is 0 Å². The number of aromatic amines is 1. The van der Waals surface area contributed by atoms with Gasteiger partial charge in [-0.05, 0) is 47.5 Å². The molecule has 5 heteroatoms. The molecule has 0 aliphatic carbocycles. The molecular weight excluding hydrogens is 478 g/mol. The van der Waals surface area contributed by atoms with Gasteiger partial charge in [-0.25, -0.2) is 15.0 Å². The van der Waals surface area contributed by atoms with Gasteiger partial charge in [-0.1, -0.05) is 84.9 Å². The highest BCUT2D eigenvalue weighted by Crippen LogP contribution is 2.33. The first-order valence-electron chi connectivity index (χ1n) is 12.7. The number of nitrogens with one attached hydrogen (secondary N) is 1. The largest absolute Gasteiger partial charge is 0.355 e. The van der Waals surface area contributed by atoms with E-state index in [0.717, 1.165) is 44.2 Å². The Hall–Kier alpha value is -5.60. The van der Waals surface area contributed by atoms with Crippen molar-refractivity contribution in [2.75, 3.05) is 0 Å². The lowest BCUT2D eigenvalue weighted by molar-refractivity contribution is 1.07. The van der Waals surface area contributed by atoms with Crippen molar-refractivity contribution in [1.29, 1.82) is 5.26 Å². The summed E-state index contributed by atoms with van der Waals surface area (Å²) in [7, 11) is 0. The molecule has 182 valence electrons. The Balaban J connectivity index is 1.41. The van der Waals surface area contributed by atoms with Crippen LogP contribution in [0.5, 0.6) is 0 Å². The van der Waals surface area contributed by atoms with E-state index in [1.165, 1.54) is 5.39 Å². The molecule has 0 unspecified atom stereocenters. The van der Waals surface area contributed by atoms with Crippen LogP contribution in [0, 0.1) is 11.3 Å². The lowest BCUT2D eigenvalue weighted by Gasteiger charge is -2.10.